The number of thioether (sulfide) groups is 1. The molecule has 0 unspecified atom stereocenters. The molecule has 0 heterocycles. The van der Waals surface area contributed by atoms with Crippen LogP contribution in [0.4, 0.5) is 8.78 Å². The van der Waals surface area contributed by atoms with Gasteiger partial charge in [-0.25, -0.2) is 8.78 Å². The van der Waals surface area contributed by atoms with Gasteiger partial charge < -0.3 is 5.73 Å². The minimum Gasteiger partial charge on any atom is -0.325 e. The highest BCUT2D eigenvalue weighted by Crippen LogP contribution is 2.36. The van der Waals surface area contributed by atoms with Crippen LogP contribution < -0.4 is 5.73 Å². The monoisotopic (exact) mass is 259 g/mol. The summed E-state index contributed by atoms with van der Waals surface area (Å²) in [6.07, 6.45) is -0.347. The fraction of sp³-hybridized carbons (Fsp3) is 0.538. The van der Waals surface area contributed by atoms with Crippen LogP contribution in [-0.4, -0.2) is 11.3 Å². The molecule has 0 saturated heterocycles. The van der Waals surface area contributed by atoms with Gasteiger partial charge in [0, 0.05) is 22.4 Å². The molecule has 0 aliphatic heterocycles. The second-order valence-corrected chi connectivity index (χ2v) is 6.16. The zero-order valence-corrected chi connectivity index (χ0v) is 11.3. The van der Waals surface area contributed by atoms with Crippen LogP contribution in [0.1, 0.15) is 32.8 Å². The van der Waals surface area contributed by atoms with E-state index < -0.39 is 11.5 Å². The predicted molar refractivity (Wildman–Crippen MR) is 69.6 cm³/mol. The molecule has 0 aliphatic carbocycles. The van der Waals surface area contributed by atoms with Gasteiger partial charge in [-0.1, -0.05) is 19.1 Å². The number of benzene rings is 1. The van der Waals surface area contributed by atoms with Crippen molar-refractivity contribution in [1.29, 1.82) is 0 Å². The number of rotatable bonds is 5. The smallest absolute Gasteiger partial charge is 0.274 e. The fourth-order valence-electron chi connectivity index (χ4n) is 1.64. The Labute approximate surface area is 106 Å². The molecule has 1 aromatic carbocycles. The van der Waals surface area contributed by atoms with Crippen molar-refractivity contribution >= 4 is 11.8 Å². The van der Waals surface area contributed by atoms with E-state index in [0.717, 1.165) is 10.6 Å². The molecule has 17 heavy (non-hydrogen) atoms. The van der Waals surface area contributed by atoms with Crippen molar-refractivity contribution in [2.24, 2.45) is 5.73 Å². The molecule has 0 saturated carbocycles. The third-order valence-corrected chi connectivity index (χ3v) is 3.16. The molecule has 96 valence electrons. The van der Waals surface area contributed by atoms with Gasteiger partial charge in [0.05, 0.1) is 0 Å². The molecule has 0 fully saturated rings. The first kappa shape index (κ1) is 14.5. The lowest BCUT2D eigenvalue weighted by Crippen LogP contribution is -2.38. The molecule has 0 spiro atoms. The molecule has 0 bridgehead atoms. The van der Waals surface area contributed by atoms with Gasteiger partial charge in [-0.15, -0.1) is 11.8 Å². The number of hydrogen-bond acceptors (Lipinski definition) is 2. The molecule has 0 aliphatic rings. The molecular formula is C13H19F2NS. The summed E-state index contributed by atoms with van der Waals surface area (Å²) in [5, 5.41) is 0. The van der Waals surface area contributed by atoms with Gasteiger partial charge in [0.25, 0.3) is 5.92 Å². The highest BCUT2D eigenvalue weighted by atomic mass is 32.2. The quantitative estimate of drug-likeness (QED) is 0.808. The van der Waals surface area contributed by atoms with Crippen molar-refractivity contribution in [2.75, 3.05) is 5.75 Å². The van der Waals surface area contributed by atoms with E-state index in [1.165, 1.54) is 12.1 Å². The Hall–Kier alpha value is -0.610. The topological polar surface area (TPSA) is 26.0 Å². The first-order chi connectivity index (χ1) is 7.74. The highest BCUT2D eigenvalue weighted by molar-refractivity contribution is 7.99. The average Bonchev–Trinajstić information content (AvgIpc) is 2.15. The first-order valence-corrected chi connectivity index (χ1v) is 6.63. The van der Waals surface area contributed by atoms with Crippen LogP contribution in [0.2, 0.25) is 0 Å². The van der Waals surface area contributed by atoms with Crippen molar-refractivity contribution in [3.05, 3.63) is 29.8 Å². The third kappa shape index (κ3) is 4.64. The number of hydrogen-bond donors (Lipinski definition) is 1. The fourth-order valence-corrected chi connectivity index (χ4v) is 2.30. The Balaban J connectivity index is 2.84. The zero-order chi connectivity index (χ0) is 13.1. The van der Waals surface area contributed by atoms with Gasteiger partial charge in [-0.05, 0) is 31.7 Å². The SMILES string of the molecule is CCSc1ccc(C(F)(F)CC(C)(C)N)cc1. The maximum atomic E-state index is 13.9. The van der Waals surface area contributed by atoms with Crippen molar-refractivity contribution in [1.82, 2.24) is 0 Å². The summed E-state index contributed by atoms with van der Waals surface area (Å²) in [7, 11) is 0. The summed E-state index contributed by atoms with van der Waals surface area (Å²) >= 11 is 1.64. The van der Waals surface area contributed by atoms with Crippen LogP contribution in [0.5, 0.6) is 0 Å². The Bertz CT molecular complexity index is 355. The summed E-state index contributed by atoms with van der Waals surface area (Å²) in [4.78, 5) is 1.01. The highest BCUT2D eigenvalue weighted by Gasteiger charge is 2.36. The lowest BCUT2D eigenvalue weighted by atomic mass is 9.93. The van der Waals surface area contributed by atoms with Crippen LogP contribution in [0, 0.1) is 0 Å². The maximum Gasteiger partial charge on any atom is 0.274 e. The first-order valence-electron chi connectivity index (χ1n) is 5.65. The molecule has 0 atom stereocenters. The molecular weight excluding hydrogens is 240 g/mol. The number of nitrogens with two attached hydrogens (primary N) is 1. The van der Waals surface area contributed by atoms with E-state index in [0.29, 0.717) is 0 Å². The Morgan fingerprint density at radius 3 is 2.12 bits per heavy atom. The van der Waals surface area contributed by atoms with Crippen molar-refractivity contribution in [3.63, 3.8) is 0 Å². The van der Waals surface area contributed by atoms with Gasteiger partial charge in [0.15, 0.2) is 0 Å². The average molecular weight is 259 g/mol. The van der Waals surface area contributed by atoms with Crippen molar-refractivity contribution in [3.8, 4) is 0 Å². The zero-order valence-electron chi connectivity index (χ0n) is 10.5. The minimum atomic E-state index is -2.87. The van der Waals surface area contributed by atoms with Crippen molar-refractivity contribution < 1.29 is 8.78 Å². The molecule has 2 N–H and O–H groups in total. The van der Waals surface area contributed by atoms with E-state index in [-0.39, 0.29) is 12.0 Å². The summed E-state index contributed by atoms with van der Waals surface area (Å²) < 4.78 is 27.8. The summed E-state index contributed by atoms with van der Waals surface area (Å²) in [5.41, 5.74) is 4.82. The van der Waals surface area contributed by atoms with Crippen LogP contribution in [-0.2, 0) is 5.92 Å². The maximum absolute atomic E-state index is 13.9. The van der Waals surface area contributed by atoms with E-state index in [4.69, 9.17) is 5.73 Å². The molecule has 0 amide bonds. The van der Waals surface area contributed by atoms with Crippen LogP contribution in [0.25, 0.3) is 0 Å². The van der Waals surface area contributed by atoms with Crippen LogP contribution >= 0.6 is 11.8 Å². The minimum absolute atomic E-state index is 0.0384. The lowest BCUT2D eigenvalue weighted by molar-refractivity contribution is -0.0296. The lowest BCUT2D eigenvalue weighted by Gasteiger charge is -2.26. The molecule has 1 rings (SSSR count). The molecule has 0 aromatic heterocycles. The summed E-state index contributed by atoms with van der Waals surface area (Å²) in [6.45, 7) is 5.26. The summed E-state index contributed by atoms with van der Waals surface area (Å²) in [5.74, 6) is -1.93. The second kappa shape index (κ2) is 5.36. The van der Waals surface area contributed by atoms with Gasteiger partial charge in [0.1, 0.15) is 0 Å². The molecule has 1 aromatic rings. The van der Waals surface area contributed by atoms with E-state index in [1.807, 2.05) is 6.92 Å². The van der Waals surface area contributed by atoms with Crippen molar-refractivity contribution in [2.45, 2.75) is 43.5 Å². The number of halogens is 2. The van der Waals surface area contributed by atoms with Gasteiger partial charge >= 0.3 is 0 Å². The summed E-state index contributed by atoms with van der Waals surface area (Å²) in [6, 6.07) is 6.45. The van der Waals surface area contributed by atoms with E-state index in [2.05, 4.69) is 0 Å². The Kier molecular flexibility index (Phi) is 4.55. The second-order valence-electron chi connectivity index (χ2n) is 4.83. The van der Waals surface area contributed by atoms with E-state index in [1.54, 1.807) is 37.7 Å². The Morgan fingerprint density at radius 1 is 1.18 bits per heavy atom. The predicted octanol–water partition coefficient (Wildman–Crippen LogP) is 4.02. The molecule has 4 heteroatoms. The van der Waals surface area contributed by atoms with Gasteiger partial charge in [-0.2, -0.15) is 0 Å². The van der Waals surface area contributed by atoms with Gasteiger partial charge in [-0.3, -0.25) is 0 Å². The van der Waals surface area contributed by atoms with Gasteiger partial charge in [0.2, 0.25) is 0 Å². The van der Waals surface area contributed by atoms with Crippen LogP contribution in [0.15, 0.2) is 29.2 Å². The normalized spacial score (nSPS) is 12.8. The Morgan fingerprint density at radius 2 is 1.71 bits per heavy atom. The third-order valence-electron chi connectivity index (χ3n) is 2.27. The molecule has 1 nitrogen and oxygen atoms in total. The molecule has 0 radical (unpaired) electrons. The standard InChI is InChI=1S/C13H19F2NS/c1-4-17-11-7-5-10(6-8-11)13(14,15)9-12(2,3)16/h5-8H,4,9,16H2,1-3H3. The van der Waals surface area contributed by atoms with E-state index >= 15 is 0 Å². The van der Waals surface area contributed by atoms with E-state index in [9.17, 15) is 8.78 Å². The number of alkyl halides is 2. The largest absolute Gasteiger partial charge is 0.325 e. The van der Waals surface area contributed by atoms with Crippen LogP contribution in [0.3, 0.4) is 0 Å².